The monoisotopic (exact) mass is 315 g/mol. The van der Waals surface area contributed by atoms with E-state index in [1.54, 1.807) is 34.6 Å². The summed E-state index contributed by atoms with van der Waals surface area (Å²) in [6, 6.07) is -0.932. The van der Waals surface area contributed by atoms with E-state index in [1.807, 2.05) is 13.8 Å². The average Bonchev–Trinajstić information content (AvgIpc) is 2.31. The van der Waals surface area contributed by atoms with Gasteiger partial charge in [-0.3, -0.25) is 9.59 Å². The SMILES string of the molecule is CC(=O)[C@@H](NC(=O)OC(C)(C)C)[C@@H](C)OC(=O)[C@@H](C)C(C)C. The Morgan fingerprint density at radius 1 is 1.00 bits per heavy atom. The molecule has 0 aliphatic carbocycles. The zero-order chi connectivity index (χ0) is 17.7. The van der Waals surface area contributed by atoms with Crippen molar-refractivity contribution in [2.24, 2.45) is 11.8 Å². The second-order valence-electron chi connectivity index (χ2n) is 6.91. The van der Waals surface area contributed by atoms with Gasteiger partial charge in [-0.05, 0) is 40.5 Å². The Morgan fingerprint density at radius 2 is 1.50 bits per heavy atom. The quantitative estimate of drug-likeness (QED) is 0.762. The third-order valence-corrected chi connectivity index (χ3v) is 3.25. The van der Waals surface area contributed by atoms with Crippen LogP contribution in [0.2, 0.25) is 0 Å². The minimum Gasteiger partial charge on any atom is -0.460 e. The van der Waals surface area contributed by atoms with Crippen LogP contribution >= 0.6 is 0 Å². The first kappa shape index (κ1) is 20.4. The summed E-state index contributed by atoms with van der Waals surface area (Å²) in [6.45, 7) is 13.7. The maximum atomic E-state index is 12.0. The highest BCUT2D eigenvalue weighted by Gasteiger charge is 2.30. The minimum absolute atomic E-state index is 0.134. The van der Waals surface area contributed by atoms with Crippen molar-refractivity contribution in [3.8, 4) is 0 Å². The second kappa shape index (κ2) is 8.15. The molecule has 0 rings (SSSR count). The van der Waals surface area contributed by atoms with Gasteiger partial charge in [0.05, 0.1) is 5.92 Å². The predicted octanol–water partition coefficient (Wildman–Crippen LogP) is 2.69. The van der Waals surface area contributed by atoms with Crippen LogP contribution < -0.4 is 5.32 Å². The Kier molecular flexibility index (Phi) is 7.56. The number of amides is 1. The van der Waals surface area contributed by atoms with E-state index in [9.17, 15) is 14.4 Å². The molecule has 0 unspecified atom stereocenters. The van der Waals surface area contributed by atoms with Gasteiger partial charge in [0.1, 0.15) is 17.7 Å². The lowest BCUT2D eigenvalue weighted by Gasteiger charge is -2.27. The molecule has 0 aromatic rings. The molecular formula is C16H29NO5. The lowest BCUT2D eigenvalue weighted by molar-refractivity contribution is -0.156. The third kappa shape index (κ3) is 7.43. The fraction of sp³-hybridized carbons (Fsp3) is 0.812. The van der Waals surface area contributed by atoms with Gasteiger partial charge in [0.2, 0.25) is 0 Å². The molecule has 0 aromatic heterocycles. The highest BCUT2D eigenvalue weighted by molar-refractivity contribution is 5.86. The second-order valence-corrected chi connectivity index (χ2v) is 6.91. The van der Waals surface area contributed by atoms with E-state index in [0.717, 1.165) is 0 Å². The number of carbonyl (C=O) groups is 3. The van der Waals surface area contributed by atoms with E-state index in [2.05, 4.69) is 5.32 Å². The van der Waals surface area contributed by atoms with Crippen LogP contribution in [0.5, 0.6) is 0 Å². The van der Waals surface area contributed by atoms with Crippen molar-refractivity contribution in [3.05, 3.63) is 0 Å². The Labute approximate surface area is 132 Å². The molecule has 0 aliphatic heterocycles. The van der Waals surface area contributed by atoms with E-state index in [4.69, 9.17) is 9.47 Å². The van der Waals surface area contributed by atoms with Gasteiger partial charge < -0.3 is 14.8 Å². The maximum Gasteiger partial charge on any atom is 0.408 e. The molecule has 1 N–H and O–H groups in total. The number of alkyl carbamates (subject to hydrolysis) is 1. The number of carbonyl (C=O) groups excluding carboxylic acids is 3. The standard InChI is InChI=1S/C16H29NO5/c1-9(2)10(3)14(19)21-12(5)13(11(4)18)17-15(20)22-16(6,7)8/h9-10,12-13H,1-8H3,(H,17,20)/t10-,12+,13+/m0/s1. The fourth-order valence-corrected chi connectivity index (χ4v) is 1.61. The van der Waals surface area contributed by atoms with Crippen LogP contribution in [-0.2, 0) is 19.1 Å². The molecule has 0 saturated heterocycles. The number of ether oxygens (including phenoxy) is 2. The van der Waals surface area contributed by atoms with Gasteiger partial charge >= 0.3 is 12.1 Å². The lowest BCUT2D eigenvalue weighted by Crippen LogP contribution is -2.50. The molecule has 6 nitrogen and oxygen atoms in total. The molecule has 22 heavy (non-hydrogen) atoms. The first-order valence-electron chi connectivity index (χ1n) is 7.55. The van der Waals surface area contributed by atoms with Crippen molar-refractivity contribution in [2.75, 3.05) is 0 Å². The Hall–Kier alpha value is -1.59. The van der Waals surface area contributed by atoms with Gasteiger partial charge in [0, 0.05) is 0 Å². The molecule has 0 spiro atoms. The molecule has 0 heterocycles. The summed E-state index contributed by atoms with van der Waals surface area (Å²) in [6.07, 6.45) is -1.48. The Bertz CT molecular complexity index is 411. The maximum absolute atomic E-state index is 12.0. The smallest absolute Gasteiger partial charge is 0.408 e. The number of hydrogen-bond donors (Lipinski definition) is 1. The lowest BCUT2D eigenvalue weighted by atomic mass is 9.98. The molecule has 3 atom stereocenters. The van der Waals surface area contributed by atoms with Gasteiger partial charge in [-0.25, -0.2) is 4.79 Å². The van der Waals surface area contributed by atoms with Gasteiger partial charge in [0.25, 0.3) is 0 Å². The summed E-state index contributed by atoms with van der Waals surface area (Å²) in [5.74, 6) is -0.839. The summed E-state index contributed by atoms with van der Waals surface area (Å²) in [5, 5.41) is 2.46. The highest BCUT2D eigenvalue weighted by atomic mass is 16.6. The van der Waals surface area contributed by atoms with E-state index >= 15 is 0 Å². The molecule has 0 saturated carbocycles. The summed E-state index contributed by atoms with van der Waals surface area (Å²) in [7, 11) is 0. The Morgan fingerprint density at radius 3 is 1.86 bits per heavy atom. The predicted molar refractivity (Wildman–Crippen MR) is 83.4 cm³/mol. The zero-order valence-electron chi connectivity index (χ0n) is 14.9. The number of ketones is 1. The number of nitrogens with one attached hydrogen (secondary N) is 1. The van der Waals surface area contributed by atoms with Crippen LogP contribution in [0.3, 0.4) is 0 Å². The normalized spacial score (nSPS) is 15.7. The zero-order valence-corrected chi connectivity index (χ0v) is 14.9. The highest BCUT2D eigenvalue weighted by Crippen LogP contribution is 2.14. The van der Waals surface area contributed by atoms with Crippen molar-refractivity contribution in [1.82, 2.24) is 5.32 Å². The van der Waals surface area contributed by atoms with E-state index in [1.165, 1.54) is 6.92 Å². The molecule has 128 valence electrons. The topological polar surface area (TPSA) is 81.7 Å². The van der Waals surface area contributed by atoms with Crippen LogP contribution in [-0.4, -0.2) is 35.6 Å². The molecule has 0 radical (unpaired) electrons. The summed E-state index contributed by atoms with van der Waals surface area (Å²) in [4.78, 5) is 35.4. The number of hydrogen-bond acceptors (Lipinski definition) is 5. The minimum atomic E-state index is -0.932. The summed E-state index contributed by atoms with van der Waals surface area (Å²) >= 11 is 0. The van der Waals surface area contributed by atoms with Crippen LogP contribution in [0.15, 0.2) is 0 Å². The van der Waals surface area contributed by atoms with E-state index in [0.29, 0.717) is 0 Å². The van der Waals surface area contributed by atoms with E-state index in [-0.39, 0.29) is 23.6 Å². The molecule has 0 aliphatic rings. The molecule has 6 heteroatoms. The van der Waals surface area contributed by atoms with Gasteiger partial charge in [0.15, 0.2) is 5.78 Å². The van der Waals surface area contributed by atoms with Crippen molar-refractivity contribution in [1.29, 1.82) is 0 Å². The van der Waals surface area contributed by atoms with Crippen LogP contribution in [0.4, 0.5) is 4.79 Å². The fourth-order valence-electron chi connectivity index (χ4n) is 1.61. The number of rotatable bonds is 6. The number of esters is 1. The average molecular weight is 315 g/mol. The van der Waals surface area contributed by atoms with Gasteiger partial charge in [-0.15, -0.1) is 0 Å². The summed E-state index contributed by atoms with van der Waals surface area (Å²) < 4.78 is 10.4. The molecule has 0 fully saturated rings. The summed E-state index contributed by atoms with van der Waals surface area (Å²) in [5.41, 5.74) is -0.669. The van der Waals surface area contributed by atoms with Crippen LogP contribution in [0, 0.1) is 11.8 Å². The van der Waals surface area contributed by atoms with Crippen LogP contribution in [0.25, 0.3) is 0 Å². The largest absolute Gasteiger partial charge is 0.460 e. The van der Waals surface area contributed by atoms with Gasteiger partial charge in [-0.2, -0.15) is 0 Å². The molecule has 0 aromatic carbocycles. The molecule has 0 bridgehead atoms. The third-order valence-electron chi connectivity index (χ3n) is 3.25. The molecular weight excluding hydrogens is 286 g/mol. The first-order valence-corrected chi connectivity index (χ1v) is 7.55. The molecule has 1 amide bonds. The van der Waals surface area contributed by atoms with E-state index < -0.39 is 23.8 Å². The Balaban J connectivity index is 4.78. The number of Topliss-reactive ketones (excluding diaryl/α,β-unsaturated/α-hetero) is 1. The van der Waals surface area contributed by atoms with Crippen molar-refractivity contribution < 1.29 is 23.9 Å². The first-order chi connectivity index (χ1) is 9.85. The van der Waals surface area contributed by atoms with Crippen molar-refractivity contribution in [3.63, 3.8) is 0 Å². The van der Waals surface area contributed by atoms with Gasteiger partial charge in [-0.1, -0.05) is 20.8 Å². The van der Waals surface area contributed by atoms with Crippen LogP contribution in [0.1, 0.15) is 55.4 Å². The van der Waals surface area contributed by atoms with Crippen molar-refractivity contribution in [2.45, 2.75) is 73.1 Å². The van der Waals surface area contributed by atoms with Crippen molar-refractivity contribution >= 4 is 17.8 Å².